The maximum atomic E-state index is 11.1. The number of rotatable bonds is 6. The van der Waals surface area contributed by atoms with Gasteiger partial charge >= 0.3 is 20.8 Å². The quantitative estimate of drug-likeness (QED) is 0.598. The first-order valence-corrected chi connectivity index (χ1v) is 11.1. The predicted molar refractivity (Wildman–Crippen MR) is 72.3 cm³/mol. The first-order chi connectivity index (χ1) is 7.83. The summed E-state index contributed by atoms with van der Waals surface area (Å²) in [6.07, 6.45) is 5.73. The number of halogens is 2. The maximum absolute atomic E-state index is 11.1. The van der Waals surface area contributed by atoms with Crippen LogP contribution in [0.15, 0.2) is 0 Å². The Morgan fingerprint density at radius 3 is 1.28 bits per heavy atom. The van der Waals surface area contributed by atoms with Crippen molar-refractivity contribution in [3.05, 3.63) is 0 Å². The van der Waals surface area contributed by atoms with Crippen molar-refractivity contribution in [1.82, 2.24) is 4.13 Å². The summed E-state index contributed by atoms with van der Waals surface area (Å²) in [5, 5.41) is 0. The van der Waals surface area contributed by atoms with Crippen LogP contribution >= 0.6 is 7.26 Å². The first kappa shape index (κ1) is 20.5. The molecular formula is C8H21F2NO4PS2+. The molecule has 0 aliphatic carbocycles. The van der Waals surface area contributed by atoms with E-state index in [1.807, 2.05) is 0 Å². The number of hydrogen-bond acceptors (Lipinski definition) is 4. The summed E-state index contributed by atoms with van der Waals surface area (Å²) in [7, 11) is -11.4. The van der Waals surface area contributed by atoms with E-state index in [-0.39, 0.29) is 4.13 Å². The second-order valence-corrected chi connectivity index (χ2v) is 11.5. The van der Waals surface area contributed by atoms with Crippen LogP contribution in [0, 0.1) is 0 Å². The molecule has 0 rings (SSSR count). The molecule has 0 bridgehead atoms. The Morgan fingerprint density at radius 2 is 1.17 bits per heavy atom. The van der Waals surface area contributed by atoms with E-state index in [0.29, 0.717) is 0 Å². The van der Waals surface area contributed by atoms with Gasteiger partial charge in [0.1, 0.15) is 0 Å². The smallest absolute Gasteiger partial charge is 0.176 e. The molecule has 10 heteroatoms. The third-order valence-corrected chi connectivity index (χ3v) is 6.77. The Labute approximate surface area is 109 Å². The molecule has 0 saturated carbocycles. The highest BCUT2D eigenvalue weighted by atomic mass is 32.3. The van der Waals surface area contributed by atoms with Gasteiger partial charge in [-0.05, 0) is 12.8 Å². The van der Waals surface area contributed by atoms with Crippen LogP contribution in [0.3, 0.4) is 0 Å². The molecule has 0 atom stereocenters. The van der Waals surface area contributed by atoms with E-state index >= 15 is 0 Å². The highest BCUT2D eigenvalue weighted by Gasteiger charge is 2.21. The second-order valence-electron chi connectivity index (χ2n) is 4.34. The van der Waals surface area contributed by atoms with Crippen molar-refractivity contribution >= 4 is 28.1 Å². The summed E-state index contributed by atoms with van der Waals surface area (Å²) in [5.41, 5.74) is 0. The van der Waals surface area contributed by atoms with Crippen molar-refractivity contribution in [1.29, 1.82) is 0 Å². The van der Waals surface area contributed by atoms with Crippen LogP contribution in [-0.2, 0) is 20.8 Å². The van der Waals surface area contributed by atoms with Crippen LogP contribution in [0.25, 0.3) is 0 Å². The molecular weight excluding hydrogens is 307 g/mol. The van der Waals surface area contributed by atoms with Gasteiger partial charge in [-0.25, -0.2) is 0 Å². The zero-order valence-corrected chi connectivity index (χ0v) is 13.5. The third kappa shape index (κ3) is 18.5. The Bertz CT molecular complexity index is 384. The molecule has 0 heterocycles. The molecule has 0 amide bonds. The van der Waals surface area contributed by atoms with Gasteiger partial charge in [-0.1, -0.05) is 25.7 Å². The van der Waals surface area contributed by atoms with Crippen molar-refractivity contribution in [3.63, 3.8) is 0 Å². The fourth-order valence-corrected chi connectivity index (χ4v) is 5.04. The Kier molecular flexibility index (Phi) is 9.49. The van der Waals surface area contributed by atoms with Crippen molar-refractivity contribution in [3.8, 4) is 0 Å². The molecule has 0 spiro atoms. The largest absolute Gasteiger partial charge is 0.387 e. The second kappa shape index (κ2) is 8.35. The SMILES string of the molecule is CCC[P+](C)(C)CCC.O=S(=O)(F)NS(=O)(=O)F. The molecule has 0 saturated heterocycles. The lowest BCUT2D eigenvalue weighted by Crippen LogP contribution is -2.23. The predicted octanol–water partition coefficient (Wildman–Crippen LogP) is 2.09. The summed E-state index contributed by atoms with van der Waals surface area (Å²) in [4.78, 5) is 0. The number of nitrogens with one attached hydrogen (secondary N) is 1. The van der Waals surface area contributed by atoms with E-state index in [2.05, 4.69) is 27.2 Å². The molecule has 0 unspecified atom stereocenters. The Hall–Kier alpha value is 0.150. The van der Waals surface area contributed by atoms with Crippen LogP contribution in [0.2, 0.25) is 0 Å². The van der Waals surface area contributed by atoms with Crippen molar-refractivity contribution < 1.29 is 24.6 Å². The topological polar surface area (TPSA) is 80.3 Å². The fraction of sp³-hybridized carbons (Fsp3) is 1.00. The molecule has 5 nitrogen and oxygen atoms in total. The van der Waals surface area contributed by atoms with Crippen molar-refractivity contribution in [2.24, 2.45) is 0 Å². The average molecular weight is 328 g/mol. The van der Waals surface area contributed by atoms with Gasteiger partial charge in [-0.15, -0.1) is 0 Å². The van der Waals surface area contributed by atoms with Gasteiger partial charge < -0.3 is 0 Å². The van der Waals surface area contributed by atoms with Crippen LogP contribution in [-0.4, -0.2) is 42.5 Å². The molecule has 112 valence electrons. The van der Waals surface area contributed by atoms with E-state index in [0.717, 1.165) is 0 Å². The molecule has 0 aromatic carbocycles. The van der Waals surface area contributed by atoms with Gasteiger partial charge in [0.15, 0.2) is 0 Å². The molecule has 0 fully saturated rings. The van der Waals surface area contributed by atoms with Gasteiger partial charge in [0.25, 0.3) is 0 Å². The maximum Gasteiger partial charge on any atom is 0.387 e. The lowest BCUT2D eigenvalue weighted by Gasteiger charge is -2.15. The lowest BCUT2D eigenvalue weighted by atomic mass is 10.6. The molecule has 0 aromatic heterocycles. The third-order valence-electron chi connectivity index (χ3n) is 1.86. The minimum atomic E-state index is -5.49. The number of hydrogen-bond donors (Lipinski definition) is 1. The zero-order chi connectivity index (χ0) is 15.0. The minimum Gasteiger partial charge on any atom is -0.176 e. The van der Waals surface area contributed by atoms with E-state index in [9.17, 15) is 24.6 Å². The summed E-state index contributed by atoms with van der Waals surface area (Å²) in [6.45, 7) is 9.52. The standard InChI is InChI=1S/C8H20P.F2HNO4S2/c1-5-7-9(3,4)8-6-2;1-8(4,5)3-9(2,6)7/h5-8H2,1-4H3;3H/q+1;. The monoisotopic (exact) mass is 328 g/mol. The van der Waals surface area contributed by atoms with Crippen LogP contribution < -0.4 is 4.13 Å². The summed E-state index contributed by atoms with van der Waals surface area (Å²) < 4.78 is 59.3. The zero-order valence-electron chi connectivity index (χ0n) is 11.0. The highest BCUT2D eigenvalue weighted by Crippen LogP contribution is 2.51. The molecule has 0 aromatic rings. The summed E-state index contributed by atoms with van der Waals surface area (Å²) in [5.74, 6) is 0. The van der Waals surface area contributed by atoms with E-state index < -0.39 is 28.1 Å². The Balaban J connectivity index is 0. The fourth-order valence-electron chi connectivity index (χ4n) is 1.44. The molecule has 0 radical (unpaired) electrons. The van der Waals surface area contributed by atoms with E-state index in [4.69, 9.17) is 0 Å². The lowest BCUT2D eigenvalue weighted by molar-refractivity contribution is 0.527. The normalized spacial score (nSPS) is 12.8. The van der Waals surface area contributed by atoms with E-state index in [1.54, 1.807) is 0 Å². The summed E-state index contributed by atoms with van der Waals surface area (Å²) in [6, 6.07) is 0. The molecule has 1 N–H and O–H groups in total. The van der Waals surface area contributed by atoms with Crippen molar-refractivity contribution in [2.75, 3.05) is 25.7 Å². The first-order valence-electron chi connectivity index (χ1n) is 5.32. The van der Waals surface area contributed by atoms with Gasteiger partial charge in [0, 0.05) is 20.6 Å². The Morgan fingerprint density at radius 1 is 0.889 bits per heavy atom. The van der Waals surface area contributed by atoms with Gasteiger partial charge in [-0.2, -0.15) is 16.8 Å². The van der Waals surface area contributed by atoms with Gasteiger partial charge in [0.05, 0.1) is 12.3 Å². The van der Waals surface area contributed by atoms with Crippen LogP contribution in [0.1, 0.15) is 26.7 Å². The minimum absolute atomic E-state index is 0.0694. The van der Waals surface area contributed by atoms with E-state index in [1.165, 1.54) is 25.2 Å². The molecule has 0 aliphatic heterocycles. The summed E-state index contributed by atoms with van der Waals surface area (Å²) >= 11 is 0. The van der Waals surface area contributed by atoms with Crippen LogP contribution in [0.4, 0.5) is 7.77 Å². The molecule has 18 heavy (non-hydrogen) atoms. The average Bonchev–Trinajstić information content (AvgIpc) is 1.96. The molecule has 0 aliphatic rings. The highest BCUT2D eigenvalue weighted by molar-refractivity contribution is 7.99. The van der Waals surface area contributed by atoms with Crippen LogP contribution in [0.5, 0.6) is 0 Å². The van der Waals surface area contributed by atoms with Gasteiger partial charge in [0.2, 0.25) is 0 Å². The van der Waals surface area contributed by atoms with Gasteiger partial charge in [-0.3, -0.25) is 0 Å². The van der Waals surface area contributed by atoms with Crippen molar-refractivity contribution in [2.45, 2.75) is 26.7 Å².